The maximum absolute atomic E-state index is 13.3. The highest BCUT2D eigenvalue weighted by molar-refractivity contribution is 5.77. The van der Waals surface area contributed by atoms with Crippen molar-refractivity contribution in [3.63, 3.8) is 0 Å². The van der Waals surface area contributed by atoms with E-state index in [-0.39, 0.29) is 23.9 Å². The predicted molar refractivity (Wildman–Crippen MR) is 143 cm³/mol. The van der Waals surface area contributed by atoms with Gasteiger partial charge in [-0.3, -0.25) is 0 Å². The number of carbonyl (C=O) groups excluding carboxylic acids is 1. The van der Waals surface area contributed by atoms with E-state index < -0.39 is 0 Å². The summed E-state index contributed by atoms with van der Waals surface area (Å²) in [6.45, 7) is 7.56. The number of allylic oxidation sites excluding steroid dienone is 2. The summed E-state index contributed by atoms with van der Waals surface area (Å²) in [6, 6.07) is 7.34. The Kier molecular flexibility index (Phi) is 7.80. The molecule has 2 aliphatic carbocycles. The van der Waals surface area contributed by atoms with Crippen molar-refractivity contribution in [3.05, 3.63) is 70.8 Å². The molecule has 2 aliphatic heterocycles. The fourth-order valence-electron chi connectivity index (χ4n) is 6.64. The van der Waals surface area contributed by atoms with Gasteiger partial charge in [0.05, 0.1) is 6.04 Å². The molecule has 0 spiro atoms. The van der Waals surface area contributed by atoms with Crippen molar-refractivity contribution < 1.29 is 9.18 Å². The van der Waals surface area contributed by atoms with Gasteiger partial charge in [-0.15, -0.1) is 0 Å². The Balaban J connectivity index is 1.13. The summed E-state index contributed by atoms with van der Waals surface area (Å²) >= 11 is 0. The van der Waals surface area contributed by atoms with Crippen LogP contribution < -0.4 is 16.0 Å². The molecule has 4 aliphatic rings. The molecule has 1 aromatic carbocycles. The second-order valence-corrected chi connectivity index (χ2v) is 11.3. The van der Waals surface area contributed by atoms with Crippen molar-refractivity contribution in [3.8, 4) is 0 Å². The SMILES string of the molecule is CC1=C(C)C2C=CC(NC(=O)N[C@@H]3CCCC[C@H]3CN3CCC[C@@H](Cc4ccc(F)cc4)C3)=CC2N1. The van der Waals surface area contributed by atoms with Gasteiger partial charge in [0.2, 0.25) is 0 Å². The Morgan fingerprint density at radius 1 is 1.11 bits per heavy atom. The molecule has 2 heterocycles. The van der Waals surface area contributed by atoms with E-state index >= 15 is 0 Å². The molecule has 194 valence electrons. The van der Waals surface area contributed by atoms with Crippen LogP contribution in [-0.2, 0) is 6.42 Å². The monoisotopic (exact) mass is 492 g/mol. The fraction of sp³-hybridized carbons (Fsp3) is 0.567. The van der Waals surface area contributed by atoms with E-state index in [9.17, 15) is 9.18 Å². The van der Waals surface area contributed by atoms with Crippen molar-refractivity contribution in [1.29, 1.82) is 0 Å². The number of carbonyl (C=O) groups is 1. The van der Waals surface area contributed by atoms with Crippen LogP contribution in [0.25, 0.3) is 0 Å². The number of benzene rings is 1. The fourth-order valence-corrected chi connectivity index (χ4v) is 6.64. The van der Waals surface area contributed by atoms with E-state index in [2.05, 4.69) is 46.8 Å². The van der Waals surface area contributed by atoms with Crippen molar-refractivity contribution in [2.75, 3.05) is 19.6 Å². The Labute approximate surface area is 215 Å². The summed E-state index contributed by atoms with van der Waals surface area (Å²) < 4.78 is 13.3. The molecule has 36 heavy (non-hydrogen) atoms. The van der Waals surface area contributed by atoms with E-state index in [0.29, 0.717) is 17.8 Å². The number of nitrogens with zero attached hydrogens (tertiary/aromatic N) is 1. The Morgan fingerprint density at radius 2 is 1.92 bits per heavy atom. The molecule has 5 nitrogen and oxygen atoms in total. The van der Waals surface area contributed by atoms with Gasteiger partial charge in [-0.1, -0.05) is 31.1 Å². The summed E-state index contributed by atoms with van der Waals surface area (Å²) in [5.74, 6) is 1.32. The zero-order chi connectivity index (χ0) is 25.1. The first-order chi connectivity index (χ1) is 17.4. The Hall–Kier alpha value is -2.60. The summed E-state index contributed by atoms with van der Waals surface area (Å²) in [4.78, 5) is 15.6. The number of piperidine rings is 1. The summed E-state index contributed by atoms with van der Waals surface area (Å²) in [5, 5.41) is 9.94. The minimum Gasteiger partial charge on any atom is -0.381 e. The molecule has 1 aromatic rings. The topological polar surface area (TPSA) is 56.4 Å². The van der Waals surface area contributed by atoms with Crippen LogP contribution in [0.2, 0.25) is 0 Å². The molecule has 3 N–H and O–H groups in total. The quantitative estimate of drug-likeness (QED) is 0.507. The lowest BCUT2D eigenvalue weighted by Crippen LogP contribution is -2.50. The third kappa shape index (κ3) is 6.03. The lowest BCUT2D eigenvalue weighted by molar-refractivity contribution is 0.122. The zero-order valence-electron chi connectivity index (χ0n) is 21.7. The highest BCUT2D eigenvalue weighted by Crippen LogP contribution is 2.31. The van der Waals surface area contributed by atoms with Crippen molar-refractivity contribution in [1.82, 2.24) is 20.9 Å². The minimum absolute atomic E-state index is 0.0894. The van der Waals surface area contributed by atoms with Crippen LogP contribution in [0.1, 0.15) is 57.9 Å². The molecule has 0 bridgehead atoms. The van der Waals surface area contributed by atoms with Gasteiger partial charge in [0.25, 0.3) is 0 Å². The number of nitrogens with one attached hydrogen (secondary N) is 3. The average molecular weight is 493 g/mol. The Morgan fingerprint density at radius 3 is 2.75 bits per heavy atom. The molecule has 5 atom stereocenters. The summed E-state index contributed by atoms with van der Waals surface area (Å²) in [5.41, 5.74) is 4.71. The minimum atomic E-state index is -0.165. The largest absolute Gasteiger partial charge is 0.381 e. The van der Waals surface area contributed by atoms with E-state index in [1.165, 1.54) is 48.9 Å². The third-order valence-electron chi connectivity index (χ3n) is 8.72. The molecule has 5 rings (SSSR count). The Bertz CT molecular complexity index is 1030. The molecular weight excluding hydrogens is 451 g/mol. The van der Waals surface area contributed by atoms with Gasteiger partial charge in [0, 0.05) is 36.4 Å². The van der Waals surface area contributed by atoms with Crippen molar-refractivity contribution >= 4 is 6.03 Å². The third-order valence-corrected chi connectivity index (χ3v) is 8.72. The van der Waals surface area contributed by atoms with Crippen LogP contribution in [0, 0.1) is 23.6 Å². The first-order valence-corrected chi connectivity index (χ1v) is 13.8. The van der Waals surface area contributed by atoms with Gasteiger partial charge in [-0.25, -0.2) is 9.18 Å². The van der Waals surface area contributed by atoms with E-state index in [4.69, 9.17) is 0 Å². The first kappa shape index (κ1) is 25.1. The van der Waals surface area contributed by atoms with E-state index in [1.807, 2.05) is 18.2 Å². The lowest BCUT2D eigenvalue weighted by Gasteiger charge is -2.39. The van der Waals surface area contributed by atoms with Gasteiger partial charge in [0.15, 0.2) is 0 Å². The number of rotatable bonds is 6. The lowest BCUT2D eigenvalue weighted by atomic mass is 9.83. The highest BCUT2D eigenvalue weighted by Gasteiger charge is 2.32. The maximum atomic E-state index is 13.3. The van der Waals surface area contributed by atoms with Crippen LogP contribution >= 0.6 is 0 Å². The molecule has 1 saturated carbocycles. The molecular formula is C30H41FN4O. The number of hydrogen-bond donors (Lipinski definition) is 3. The van der Waals surface area contributed by atoms with Crippen LogP contribution in [0.4, 0.5) is 9.18 Å². The van der Waals surface area contributed by atoms with Crippen LogP contribution in [0.15, 0.2) is 59.5 Å². The number of halogens is 1. The van der Waals surface area contributed by atoms with Gasteiger partial charge >= 0.3 is 6.03 Å². The molecule has 0 aromatic heterocycles. The summed E-state index contributed by atoms with van der Waals surface area (Å²) in [6.07, 6.45) is 14.5. The second kappa shape index (κ2) is 11.2. The molecule has 6 heteroatoms. The number of urea groups is 1. The number of likely N-dealkylation sites (tertiary alicyclic amines) is 1. The van der Waals surface area contributed by atoms with Crippen LogP contribution in [0.5, 0.6) is 0 Å². The molecule has 2 amide bonds. The number of fused-ring (bicyclic) bond motifs is 1. The maximum Gasteiger partial charge on any atom is 0.319 e. The molecule has 0 radical (unpaired) electrons. The first-order valence-electron chi connectivity index (χ1n) is 13.8. The van der Waals surface area contributed by atoms with Gasteiger partial charge in [-0.05, 0) is 99.8 Å². The van der Waals surface area contributed by atoms with Crippen LogP contribution in [0.3, 0.4) is 0 Å². The van der Waals surface area contributed by atoms with E-state index in [0.717, 1.165) is 38.2 Å². The zero-order valence-corrected chi connectivity index (χ0v) is 21.7. The van der Waals surface area contributed by atoms with Crippen LogP contribution in [-0.4, -0.2) is 42.6 Å². The normalized spacial score (nSPS) is 30.4. The van der Waals surface area contributed by atoms with Crippen molar-refractivity contribution in [2.45, 2.75) is 70.9 Å². The molecule has 2 fully saturated rings. The van der Waals surface area contributed by atoms with Gasteiger partial charge in [0.1, 0.15) is 5.82 Å². The predicted octanol–water partition coefficient (Wildman–Crippen LogP) is 5.27. The molecule has 1 saturated heterocycles. The average Bonchev–Trinajstić information content (AvgIpc) is 3.14. The number of amides is 2. The number of hydrogen-bond acceptors (Lipinski definition) is 3. The van der Waals surface area contributed by atoms with Crippen molar-refractivity contribution in [2.24, 2.45) is 17.8 Å². The van der Waals surface area contributed by atoms with Gasteiger partial charge < -0.3 is 20.9 Å². The van der Waals surface area contributed by atoms with E-state index in [1.54, 1.807) is 12.1 Å². The second-order valence-electron chi connectivity index (χ2n) is 11.3. The summed E-state index contributed by atoms with van der Waals surface area (Å²) in [7, 11) is 0. The smallest absolute Gasteiger partial charge is 0.319 e. The molecule has 2 unspecified atom stereocenters. The standard InChI is InChI=1S/C30H41FN4O/c1-20-21(2)32-29-17-26(13-14-27(20)29)33-30(36)34-28-8-4-3-7-24(28)19-35-15-5-6-23(18-35)16-22-9-11-25(31)12-10-22/h9-14,17,23-24,27-29,32H,3-8,15-16,18-19H2,1-2H3,(H2,33,34,36)/t23-,24-,27?,28+,29?/m0/s1. The van der Waals surface area contributed by atoms with Gasteiger partial charge in [-0.2, -0.15) is 0 Å². The highest BCUT2D eigenvalue weighted by atomic mass is 19.1.